The summed E-state index contributed by atoms with van der Waals surface area (Å²) in [6.45, 7) is 0.640. The molecule has 6 rings (SSSR count). The molecule has 0 saturated heterocycles. The van der Waals surface area contributed by atoms with Crippen molar-refractivity contribution < 1.29 is 13.6 Å². The van der Waals surface area contributed by atoms with E-state index in [0.717, 1.165) is 23.1 Å². The lowest BCUT2D eigenvalue weighted by Crippen LogP contribution is -2.45. The normalized spacial score (nSPS) is 17.1. The molecule has 4 aromatic rings. The van der Waals surface area contributed by atoms with Crippen LogP contribution in [-0.4, -0.2) is 50.7 Å². The predicted octanol–water partition coefficient (Wildman–Crippen LogP) is 4.04. The van der Waals surface area contributed by atoms with Crippen LogP contribution in [0.2, 0.25) is 0 Å². The highest BCUT2D eigenvalue weighted by molar-refractivity contribution is 6.01. The Bertz CT molecular complexity index is 1430. The molecule has 1 saturated carbocycles. The molecule has 1 fully saturated rings. The smallest absolute Gasteiger partial charge is 0.254 e. The second kappa shape index (κ2) is 7.91. The zero-order chi connectivity index (χ0) is 23.6. The molecule has 6 nitrogen and oxygen atoms in total. The van der Waals surface area contributed by atoms with Gasteiger partial charge in [-0.1, -0.05) is 18.2 Å². The third-order valence-corrected chi connectivity index (χ3v) is 7.18. The van der Waals surface area contributed by atoms with E-state index in [9.17, 15) is 9.18 Å². The summed E-state index contributed by atoms with van der Waals surface area (Å²) in [5.41, 5.74) is 9.36. The minimum absolute atomic E-state index is 0.114. The number of fused-ring (bicyclic) bond motifs is 3. The Hall–Kier alpha value is -3.26. The molecule has 1 atom stereocenters. The van der Waals surface area contributed by atoms with E-state index in [1.807, 2.05) is 19.2 Å². The lowest BCUT2D eigenvalue weighted by Gasteiger charge is -2.30. The zero-order valence-electron chi connectivity index (χ0n) is 19.1. The number of nitrogens with zero attached hydrogens (tertiary/aromatic N) is 4. The molecule has 34 heavy (non-hydrogen) atoms. The number of benzene rings is 2. The van der Waals surface area contributed by atoms with Crippen LogP contribution >= 0.6 is 0 Å². The third kappa shape index (κ3) is 3.31. The first-order valence-electron chi connectivity index (χ1n) is 11.8. The Balaban J connectivity index is 1.49. The van der Waals surface area contributed by atoms with Crippen molar-refractivity contribution >= 4 is 27.8 Å². The predicted molar refractivity (Wildman–Crippen MR) is 128 cm³/mol. The van der Waals surface area contributed by atoms with E-state index in [2.05, 4.69) is 22.8 Å². The number of amides is 1. The van der Waals surface area contributed by atoms with Crippen molar-refractivity contribution in [1.29, 1.82) is 0 Å². The van der Waals surface area contributed by atoms with E-state index in [4.69, 9.17) is 10.7 Å². The Morgan fingerprint density at radius 1 is 1.24 bits per heavy atom. The molecular formula is C26H27F2N5O. The van der Waals surface area contributed by atoms with Crippen LogP contribution in [0.3, 0.4) is 0 Å². The van der Waals surface area contributed by atoms with Crippen LogP contribution in [0, 0.1) is 11.7 Å². The maximum atomic E-state index is 15.8. The van der Waals surface area contributed by atoms with Gasteiger partial charge in [-0.3, -0.25) is 4.79 Å². The minimum atomic E-state index is -0.742. The minimum Gasteiger partial charge on any atom is -0.338 e. The molecule has 1 aliphatic heterocycles. The van der Waals surface area contributed by atoms with Crippen LogP contribution in [0.25, 0.3) is 33.5 Å². The summed E-state index contributed by atoms with van der Waals surface area (Å²) >= 11 is 0. The molecule has 0 spiro atoms. The first-order valence-corrected chi connectivity index (χ1v) is 11.8. The molecule has 2 N–H and O–H groups in total. The van der Waals surface area contributed by atoms with Crippen LogP contribution in [0.5, 0.6) is 0 Å². The van der Waals surface area contributed by atoms with Crippen molar-refractivity contribution in [2.75, 3.05) is 19.8 Å². The van der Waals surface area contributed by atoms with Gasteiger partial charge in [-0.2, -0.15) is 0 Å². The summed E-state index contributed by atoms with van der Waals surface area (Å²) in [7, 11) is 1.83. The van der Waals surface area contributed by atoms with Crippen LogP contribution in [0.4, 0.5) is 8.78 Å². The molecular weight excluding hydrogens is 436 g/mol. The Morgan fingerprint density at radius 3 is 2.79 bits per heavy atom. The van der Waals surface area contributed by atoms with Gasteiger partial charge in [0.15, 0.2) is 11.6 Å². The molecule has 2 aliphatic rings. The molecule has 3 heterocycles. The van der Waals surface area contributed by atoms with E-state index >= 15 is 4.39 Å². The molecule has 2 aromatic carbocycles. The quantitative estimate of drug-likeness (QED) is 0.469. The monoisotopic (exact) mass is 463 g/mol. The summed E-state index contributed by atoms with van der Waals surface area (Å²) in [5.74, 6) is 0.617. The van der Waals surface area contributed by atoms with E-state index in [1.54, 1.807) is 10.6 Å². The highest BCUT2D eigenvalue weighted by atomic mass is 19.1. The van der Waals surface area contributed by atoms with Gasteiger partial charge in [0.05, 0.1) is 17.3 Å². The SMILES string of the molecule is Cn1c(-c2cc3ccccc3n2CC2CC2)nc2cc3c(c(F)c21)CCN(CC(N)CF)C3=O. The summed E-state index contributed by atoms with van der Waals surface area (Å²) in [4.78, 5) is 19.4. The Labute approximate surface area is 196 Å². The van der Waals surface area contributed by atoms with Crippen LogP contribution in [0.15, 0.2) is 36.4 Å². The number of carbonyl (C=O) groups is 1. The summed E-state index contributed by atoms with van der Waals surface area (Å²) in [6.07, 6.45) is 2.81. The van der Waals surface area contributed by atoms with Crippen molar-refractivity contribution in [3.05, 3.63) is 53.3 Å². The number of aromatic nitrogens is 3. The lowest BCUT2D eigenvalue weighted by molar-refractivity contribution is 0.0723. The van der Waals surface area contributed by atoms with Crippen LogP contribution < -0.4 is 5.73 Å². The highest BCUT2D eigenvalue weighted by Crippen LogP contribution is 2.37. The molecule has 0 bridgehead atoms. The van der Waals surface area contributed by atoms with Crippen LogP contribution in [-0.2, 0) is 20.0 Å². The van der Waals surface area contributed by atoms with Gasteiger partial charge in [0.2, 0.25) is 0 Å². The first-order chi connectivity index (χ1) is 16.5. The molecule has 0 radical (unpaired) electrons. The molecule has 2 aromatic heterocycles. The number of para-hydroxylation sites is 1. The summed E-state index contributed by atoms with van der Waals surface area (Å²) in [5, 5.41) is 1.12. The van der Waals surface area contributed by atoms with Gasteiger partial charge < -0.3 is 19.8 Å². The maximum absolute atomic E-state index is 15.8. The number of hydrogen-bond donors (Lipinski definition) is 1. The van der Waals surface area contributed by atoms with Crippen molar-refractivity contribution in [3.8, 4) is 11.5 Å². The van der Waals surface area contributed by atoms with E-state index < -0.39 is 18.5 Å². The fourth-order valence-corrected chi connectivity index (χ4v) is 5.21. The number of imidazole rings is 1. The highest BCUT2D eigenvalue weighted by Gasteiger charge is 2.31. The lowest BCUT2D eigenvalue weighted by atomic mass is 9.97. The van der Waals surface area contributed by atoms with Crippen molar-refractivity contribution in [2.24, 2.45) is 18.7 Å². The van der Waals surface area contributed by atoms with Crippen LogP contribution in [0.1, 0.15) is 28.8 Å². The van der Waals surface area contributed by atoms with Crippen molar-refractivity contribution in [3.63, 3.8) is 0 Å². The molecule has 1 unspecified atom stereocenters. The standard InChI is InChI=1S/C26H27F2N5O/c1-31-24-20(11-19-18(23(24)28)8-9-32(26(19)34)14-17(29)12-27)30-25(31)22-10-16-4-2-3-5-21(16)33(22)13-15-6-7-15/h2-5,10-11,15,17H,6-9,12-14,29H2,1H3. The molecule has 1 amide bonds. The number of carbonyl (C=O) groups excluding carboxylic acids is 1. The largest absolute Gasteiger partial charge is 0.338 e. The van der Waals surface area contributed by atoms with Crippen molar-refractivity contribution in [1.82, 2.24) is 19.0 Å². The maximum Gasteiger partial charge on any atom is 0.254 e. The number of hydrogen-bond acceptors (Lipinski definition) is 3. The zero-order valence-corrected chi connectivity index (χ0v) is 19.1. The second-order valence-corrected chi connectivity index (χ2v) is 9.64. The van der Waals surface area contributed by atoms with Crippen molar-refractivity contribution in [2.45, 2.75) is 31.8 Å². The number of aryl methyl sites for hydroxylation is 1. The van der Waals surface area contributed by atoms with E-state index in [-0.39, 0.29) is 12.5 Å². The van der Waals surface area contributed by atoms with Gasteiger partial charge in [-0.05, 0) is 43.4 Å². The summed E-state index contributed by atoms with van der Waals surface area (Å²) in [6, 6.07) is 11.3. The summed E-state index contributed by atoms with van der Waals surface area (Å²) < 4.78 is 32.8. The van der Waals surface area contributed by atoms with Gasteiger partial charge in [-0.25, -0.2) is 13.8 Å². The van der Waals surface area contributed by atoms with Gasteiger partial charge in [0.25, 0.3) is 5.91 Å². The van der Waals surface area contributed by atoms with Gasteiger partial charge >= 0.3 is 0 Å². The Kier molecular flexibility index (Phi) is 4.95. The number of halogens is 2. The topological polar surface area (TPSA) is 69.1 Å². The van der Waals surface area contributed by atoms with E-state index in [0.29, 0.717) is 46.9 Å². The molecule has 8 heteroatoms. The van der Waals surface area contributed by atoms with Gasteiger partial charge in [-0.15, -0.1) is 0 Å². The average Bonchev–Trinajstić information content (AvgIpc) is 3.50. The number of nitrogens with two attached hydrogens (primary N) is 1. The van der Waals surface area contributed by atoms with Gasteiger partial charge in [0.1, 0.15) is 12.2 Å². The first kappa shape index (κ1) is 21.3. The molecule has 1 aliphatic carbocycles. The fourth-order valence-electron chi connectivity index (χ4n) is 5.21. The number of rotatable bonds is 6. The third-order valence-electron chi connectivity index (χ3n) is 7.18. The number of alkyl halides is 1. The molecule has 176 valence electrons. The fraction of sp³-hybridized carbons (Fsp3) is 0.385. The average molecular weight is 464 g/mol. The van der Waals surface area contributed by atoms with Gasteiger partial charge in [0, 0.05) is 48.7 Å². The Morgan fingerprint density at radius 2 is 2.03 bits per heavy atom. The second-order valence-electron chi connectivity index (χ2n) is 9.64. The van der Waals surface area contributed by atoms with E-state index in [1.165, 1.54) is 17.7 Å².